The van der Waals surface area contributed by atoms with Crippen LogP contribution in [-0.4, -0.2) is 93.8 Å². The number of fused-ring (bicyclic) bond motifs is 2. The molecule has 0 unspecified atom stereocenters. The number of hydrogen-bond acceptors (Lipinski definition) is 9. The molecule has 3 saturated carbocycles. The zero-order chi connectivity index (χ0) is 38.8. The van der Waals surface area contributed by atoms with Crippen molar-refractivity contribution in [2.45, 2.75) is 91.6 Å². The van der Waals surface area contributed by atoms with E-state index in [9.17, 15) is 19.5 Å². The number of amides is 3. The highest BCUT2D eigenvalue weighted by molar-refractivity contribution is 5.97. The van der Waals surface area contributed by atoms with Gasteiger partial charge in [-0.1, -0.05) is 52.8 Å². The Kier molecular flexibility index (Phi) is 12.7. The number of methoxy groups -OCH3 is 1. The van der Waals surface area contributed by atoms with Crippen LogP contribution >= 0.6 is 0 Å². The molecule has 0 spiro atoms. The van der Waals surface area contributed by atoms with Crippen LogP contribution in [-0.2, 0) is 20.9 Å². The highest BCUT2D eigenvalue weighted by Crippen LogP contribution is 2.61. The van der Waals surface area contributed by atoms with Crippen molar-refractivity contribution in [3.8, 4) is 16.9 Å². The molecule has 4 fully saturated rings. The zero-order valence-corrected chi connectivity index (χ0v) is 33.2. The number of anilines is 1. The quantitative estimate of drug-likeness (QED) is 0.205. The number of rotatable bonds is 14. The summed E-state index contributed by atoms with van der Waals surface area (Å²) < 4.78 is 11.9. The summed E-state index contributed by atoms with van der Waals surface area (Å²) in [5.41, 5.74) is 3.91. The Morgan fingerprint density at radius 3 is 2.45 bits per heavy atom. The lowest BCUT2D eigenvalue weighted by Gasteiger charge is -2.62. The Hall–Kier alpha value is -3.87. The third kappa shape index (κ3) is 8.44. The molecule has 292 valence electrons. The van der Waals surface area contributed by atoms with Crippen LogP contribution in [0, 0.1) is 35.0 Å². The van der Waals surface area contributed by atoms with Gasteiger partial charge in [0.15, 0.2) is 0 Å². The van der Waals surface area contributed by atoms with E-state index in [1.165, 1.54) is 6.42 Å². The van der Waals surface area contributed by atoms with Crippen molar-refractivity contribution in [3.05, 3.63) is 47.5 Å². The van der Waals surface area contributed by atoms with E-state index in [2.05, 4.69) is 50.6 Å². The van der Waals surface area contributed by atoms with Crippen LogP contribution in [0.4, 0.5) is 10.5 Å². The fraction of sp³-hybridized carbons (Fsp3) is 0.634. The Labute approximate surface area is 315 Å². The molecule has 12 heteroatoms. The van der Waals surface area contributed by atoms with Crippen molar-refractivity contribution in [3.63, 3.8) is 0 Å². The number of para-hydroxylation sites is 1. The highest BCUT2D eigenvalue weighted by Gasteiger charge is 2.57. The van der Waals surface area contributed by atoms with Crippen LogP contribution in [0.3, 0.4) is 0 Å². The number of hydrogen-bond donors (Lipinski definition) is 4. The predicted octanol–water partition coefficient (Wildman–Crippen LogP) is 5.23. The first-order valence-corrected chi connectivity index (χ1v) is 19.1. The van der Waals surface area contributed by atoms with Gasteiger partial charge < -0.3 is 35.4 Å². The number of aliphatic hydroxyl groups excluding tert-OH is 1. The van der Waals surface area contributed by atoms with Gasteiger partial charge in [0.05, 0.1) is 26.2 Å². The minimum Gasteiger partial charge on any atom is -0.496 e. The summed E-state index contributed by atoms with van der Waals surface area (Å²) in [4.78, 5) is 48.6. The van der Waals surface area contributed by atoms with Gasteiger partial charge in [-0.05, 0) is 79.0 Å². The number of ether oxygens (including phenoxy) is 2. The molecule has 4 N–H and O–H groups in total. The highest BCUT2D eigenvalue weighted by atomic mass is 16.7. The van der Waals surface area contributed by atoms with Gasteiger partial charge in [0.2, 0.25) is 5.91 Å². The molecule has 4 aliphatic rings. The molecule has 0 radical (unpaired) electrons. The average Bonchev–Trinajstić information content (AvgIpc) is 3.49. The van der Waals surface area contributed by atoms with E-state index < -0.39 is 30.3 Å². The molecule has 53 heavy (non-hydrogen) atoms. The van der Waals surface area contributed by atoms with Gasteiger partial charge in [-0.2, -0.15) is 5.06 Å². The number of carbonyl (C=O) groups is 3. The van der Waals surface area contributed by atoms with Crippen molar-refractivity contribution in [2.75, 3.05) is 46.3 Å². The van der Waals surface area contributed by atoms with E-state index in [-0.39, 0.29) is 36.4 Å². The van der Waals surface area contributed by atoms with Crippen molar-refractivity contribution in [2.24, 2.45) is 35.0 Å². The van der Waals surface area contributed by atoms with Gasteiger partial charge in [-0.25, -0.2) is 4.79 Å². The SMILES string of the molecule is CNC(=O)c1cc(-c2cccc(CN3O[C@@H](CO)[C@@H]([C@H](C)OC(=O)NCCC(C)C)[C@H]3C(=O)N[C@H]3C[C@H]4C[C@@H]([C@@H]3C)C4(C)C)c2OC)cc(N(C)C)c1. The van der Waals surface area contributed by atoms with Gasteiger partial charge in [0, 0.05) is 56.1 Å². The van der Waals surface area contributed by atoms with E-state index >= 15 is 0 Å². The topological polar surface area (TPSA) is 142 Å². The van der Waals surface area contributed by atoms with E-state index in [4.69, 9.17) is 14.3 Å². The van der Waals surface area contributed by atoms with Crippen molar-refractivity contribution in [1.82, 2.24) is 21.0 Å². The smallest absolute Gasteiger partial charge is 0.407 e. The fourth-order valence-corrected chi connectivity index (χ4v) is 8.87. The second kappa shape index (κ2) is 16.7. The molecule has 1 aliphatic heterocycles. The summed E-state index contributed by atoms with van der Waals surface area (Å²) >= 11 is 0. The van der Waals surface area contributed by atoms with Crippen LogP contribution in [0.1, 0.15) is 76.7 Å². The lowest BCUT2D eigenvalue weighted by atomic mass is 9.45. The standard InChI is InChI=1S/C41H61N5O7/c1-23(2)14-15-43-40(50)52-25(4)35-34(22-47)53-46(36(35)39(49)44-33-20-29-19-32(24(33)3)41(29,5)6)21-26-12-11-13-31(37(26)51-10)27-16-28(38(48)42-7)18-30(17-27)45(8)9/h11-13,16-18,23-25,29,32-36,47H,14-15,19-22H2,1-10H3,(H,42,48)(H,43,50)(H,44,49)/t24-,25-,29+,32-,33-,34-,35+,36-/m0/s1. The van der Waals surface area contributed by atoms with Crippen molar-refractivity contribution < 1.29 is 33.8 Å². The summed E-state index contributed by atoms with van der Waals surface area (Å²) in [6.07, 6.45) is 0.766. The average molecular weight is 736 g/mol. The zero-order valence-electron chi connectivity index (χ0n) is 33.2. The Morgan fingerprint density at radius 2 is 1.85 bits per heavy atom. The predicted molar refractivity (Wildman–Crippen MR) is 205 cm³/mol. The molecular weight excluding hydrogens is 674 g/mol. The maximum Gasteiger partial charge on any atom is 0.407 e. The van der Waals surface area contributed by atoms with Gasteiger partial charge in [-0.15, -0.1) is 0 Å². The number of carbonyl (C=O) groups excluding carboxylic acids is 3. The summed E-state index contributed by atoms with van der Waals surface area (Å²) in [5, 5.41) is 21.2. The van der Waals surface area contributed by atoms with Crippen LogP contribution in [0.25, 0.3) is 11.1 Å². The lowest BCUT2D eigenvalue weighted by Crippen LogP contribution is -2.62. The second-order valence-corrected chi connectivity index (χ2v) is 16.5. The van der Waals surface area contributed by atoms with Gasteiger partial charge in [0.25, 0.3) is 5.91 Å². The Morgan fingerprint density at radius 1 is 1.11 bits per heavy atom. The molecule has 12 nitrogen and oxygen atoms in total. The number of hydroxylamine groups is 2. The second-order valence-electron chi connectivity index (χ2n) is 16.5. The van der Waals surface area contributed by atoms with Crippen LogP contribution in [0.5, 0.6) is 5.75 Å². The van der Waals surface area contributed by atoms with E-state index in [1.807, 2.05) is 55.4 Å². The summed E-state index contributed by atoms with van der Waals surface area (Å²) in [5.74, 6) is 1.27. The largest absolute Gasteiger partial charge is 0.496 e. The van der Waals surface area contributed by atoms with Crippen LogP contribution < -0.4 is 25.6 Å². The first-order chi connectivity index (χ1) is 25.1. The first-order valence-electron chi connectivity index (χ1n) is 19.1. The van der Waals surface area contributed by atoms with Crippen LogP contribution in [0.15, 0.2) is 36.4 Å². The van der Waals surface area contributed by atoms with E-state index in [1.54, 1.807) is 26.1 Å². The molecule has 1 saturated heterocycles. The Bertz CT molecular complexity index is 1630. The number of alkyl carbamates (subject to hydrolysis) is 1. The molecular formula is C41H61N5O7. The molecule has 8 atom stereocenters. The fourth-order valence-electron chi connectivity index (χ4n) is 8.87. The molecule has 3 amide bonds. The maximum atomic E-state index is 14.6. The first kappa shape index (κ1) is 40.3. The third-order valence-electron chi connectivity index (χ3n) is 12.2. The Balaban J connectivity index is 1.47. The number of benzene rings is 2. The van der Waals surface area contributed by atoms with Gasteiger partial charge in [-0.3, -0.25) is 14.4 Å². The summed E-state index contributed by atoms with van der Waals surface area (Å²) in [6.45, 7) is 13.1. The minimum atomic E-state index is -0.880. The minimum absolute atomic E-state index is 0.00172. The number of nitrogens with zero attached hydrogens (tertiary/aromatic N) is 2. The normalized spacial score (nSPS) is 26.7. The van der Waals surface area contributed by atoms with E-state index in [0.717, 1.165) is 35.2 Å². The molecule has 0 aromatic heterocycles. The molecule has 6 rings (SSSR count). The third-order valence-corrected chi connectivity index (χ3v) is 12.2. The van der Waals surface area contributed by atoms with E-state index in [0.29, 0.717) is 41.5 Å². The molecule has 1 heterocycles. The monoisotopic (exact) mass is 735 g/mol. The summed E-state index contributed by atoms with van der Waals surface area (Å²) in [6, 6.07) is 10.5. The van der Waals surface area contributed by atoms with Crippen molar-refractivity contribution in [1.29, 1.82) is 0 Å². The molecule has 2 aromatic rings. The maximum absolute atomic E-state index is 14.6. The van der Waals surface area contributed by atoms with Gasteiger partial charge >= 0.3 is 6.09 Å². The number of aliphatic hydroxyl groups is 1. The molecule has 2 bridgehead atoms. The molecule has 3 aliphatic carbocycles. The summed E-state index contributed by atoms with van der Waals surface area (Å²) in [7, 11) is 7.03. The number of nitrogens with one attached hydrogen (secondary N) is 3. The van der Waals surface area contributed by atoms with Crippen molar-refractivity contribution >= 4 is 23.6 Å². The van der Waals surface area contributed by atoms with Gasteiger partial charge in [0.1, 0.15) is 24.0 Å². The molecule has 2 aromatic carbocycles. The van der Waals surface area contributed by atoms with Crippen LogP contribution in [0.2, 0.25) is 0 Å². The lowest BCUT2D eigenvalue weighted by molar-refractivity contribution is -0.183.